The summed E-state index contributed by atoms with van der Waals surface area (Å²) in [5.41, 5.74) is 8.01. The number of aryl methyl sites for hydroxylation is 1. The molecule has 1 aromatic heterocycles. The van der Waals surface area contributed by atoms with Crippen molar-refractivity contribution in [3.8, 4) is 16.8 Å². The zero-order valence-corrected chi connectivity index (χ0v) is 13.3. The minimum absolute atomic E-state index is 0.00773. The van der Waals surface area contributed by atoms with Crippen molar-refractivity contribution in [1.29, 1.82) is 0 Å². The fourth-order valence-corrected chi connectivity index (χ4v) is 3.76. The number of pyridine rings is 1. The van der Waals surface area contributed by atoms with E-state index in [1.807, 2.05) is 0 Å². The summed E-state index contributed by atoms with van der Waals surface area (Å²) in [6.07, 6.45) is 0. The maximum Gasteiger partial charge on any atom is 0.215 e. The van der Waals surface area contributed by atoms with Crippen LogP contribution in [0.3, 0.4) is 0 Å². The smallest absolute Gasteiger partial charge is 0.160 e. The van der Waals surface area contributed by atoms with E-state index in [4.69, 9.17) is 0 Å². The van der Waals surface area contributed by atoms with E-state index in [0.29, 0.717) is 0 Å². The number of para-hydroxylation sites is 1. The summed E-state index contributed by atoms with van der Waals surface area (Å²) in [5.74, 6) is 0. The van der Waals surface area contributed by atoms with Gasteiger partial charge in [0.15, 0.2) is 5.69 Å². The van der Waals surface area contributed by atoms with Crippen LogP contribution in [0, 0.1) is 6.92 Å². The van der Waals surface area contributed by atoms with E-state index < -0.39 is 0 Å². The topological polar surface area (TPSA) is 3.88 Å². The zero-order chi connectivity index (χ0) is 15.3. The standard InChI is InChI=1S/C21H20N/c1-15-13-14-17(16-9-5-4-6-10-16)20-21(2,3)18-11-7-8-12-19(18)22(15)20/h4-14H,1-3H3/q+1. The molecule has 0 saturated heterocycles. The van der Waals surface area contributed by atoms with Gasteiger partial charge in [-0.1, -0.05) is 48.5 Å². The third-order valence-electron chi connectivity index (χ3n) is 4.82. The van der Waals surface area contributed by atoms with Crippen molar-refractivity contribution in [3.63, 3.8) is 0 Å². The van der Waals surface area contributed by atoms with Crippen molar-refractivity contribution in [2.45, 2.75) is 26.2 Å². The first-order valence-electron chi connectivity index (χ1n) is 7.82. The van der Waals surface area contributed by atoms with E-state index in [1.54, 1.807) is 0 Å². The first-order chi connectivity index (χ1) is 10.6. The summed E-state index contributed by atoms with van der Waals surface area (Å²) in [5, 5.41) is 0. The number of aromatic nitrogens is 1. The summed E-state index contributed by atoms with van der Waals surface area (Å²) >= 11 is 0. The van der Waals surface area contributed by atoms with E-state index in [9.17, 15) is 0 Å². The first-order valence-corrected chi connectivity index (χ1v) is 7.82. The van der Waals surface area contributed by atoms with Gasteiger partial charge in [-0.25, -0.2) is 0 Å². The van der Waals surface area contributed by atoms with Crippen molar-refractivity contribution in [1.82, 2.24) is 0 Å². The summed E-state index contributed by atoms with van der Waals surface area (Å²) < 4.78 is 2.43. The minimum atomic E-state index is 0.00773. The monoisotopic (exact) mass is 286 g/mol. The molecule has 0 amide bonds. The van der Waals surface area contributed by atoms with Crippen LogP contribution in [-0.4, -0.2) is 0 Å². The lowest BCUT2D eigenvalue weighted by atomic mass is 9.80. The normalized spacial score (nSPS) is 14.5. The molecule has 2 aromatic carbocycles. The van der Waals surface area contributed by atoms with Gasteiger partial charge in [-0.3, -0.25) is 0 Å². The molecule has 0 aliphatic carbocycles. The lowest BCUT2D eigenvalue weighted by molar-refractivity contribution is -0.606. The molecule has 0 radical (unpaired) electrons. The molecule has 3 aromatic rings. The molecule has 4 rings (SSSR count). The number of hydrogen-bond donors (Lipinski definition) is 0. The van der Waals surface area contributed by atoms with Crippen LogP contribution >= 0.6 is 0 Å². The highest BCUT2D eigenvalue weighted by Crippen LogP contribution is 2.42. The third kappa shape index (κ3) is 1.69. The fraction of sp³-hybridized carbons (Fsp3) is 0.190. The Morgan fingerprint density at radius 1 is 0.773 bits per heavy atom. The number of benzene rings is 2. The van der Waals surface area contributed by atoms with Crippen LogP contribution in [0.25, 0.3) is 16.8 Å². The van der Waals surface area contributed by atoms with Gasteiger partial charge < -0.3 is 0 Å². The Kier molecular flexibility index (Phi) is 2.74. The summed E-state index contributed by atoms with van der Waals surface area (Å²) in [7, 11) is 0. The Balaban J connectivity index is 2.10. The molecule has 1 heteroatoms. The molecule has 108 valence electrons. The maximum atomic E-state index is 2.43. The van der Waals surface area contributed by atoms with Crippen LogP contribution < -0.4 is 4.57 Å². The lowest BCUT2D eigenvalue weighted by Crippen LogP contribution is -2.38. The van der Waals surface area contributed by atoms with Gasteiger partial charge in [0.1, 0.15) is 0 Å². The first kappa shape index (κ1) is 13.3. The van der Waals surface area contributed by atoms with Gasteiger partial charge in [-0.2, -0.15) is 4.57 Å². The molecule has 0 atom stereocenters. The molecule has 0 fully saturated rings. The second-order valence-corrected chi connectivity index (χ2v) is 6.58. The molecule has 2 heterocycles. The van der Waals surface area contributed by atoms with E-state index in [0.717, 1.165) is 0 Å². The molecule has 0 unspecified atom stereocenters. The van der Waals surface area contributed by atoms with Crippen molar-refractivity contribution < 1.29 is 4.57 Å². The minimum Gasteiger partial charge on any atom is -0.160 e. The highest BCUT2D eigenvalue weighted by atomic mass is 15.0. The highest BCUT2D eigenvalue weighted by Gasteiger charge is 2.46. The Morgan fingerprint density at radius 2 is 1.45 bits per heavy atom. The van der Waals surface area contributed by atoms with Gasteiger partial charge in [0.2, 0.25) is 11.4 Å². The van der Waals surface area contributed by atoms with E-state index >= 15 is 0 Å². The summed E-state index contributed by atoms with van der Waals surface area (Å²) in [6, 6.07) is 24.0. The fourth-order valence-electron chi connectivity index (χ4n) is 3.76. The Hall–Kier alpha value is -2.41. The van der Waals surface area contributed by atoms with Crippen LogP contribution in [0.4, 0.5) is 0 Å². The number of hydrogen-bond acceptors (Lipinski definition) is 0. The van der Waals surface area contributed by atoms with Gasteiger partial charge >= 0.3 is 0 Å². The van der Waals surface area contributed by atoms with Gasteiger partial charge in [-0.15, -0.1) is 0 Å². The van der Waals surface area contributed by atoms with E-state index in [-0.39, 0.29) is 5.41 Å². The van der Waals surface area contributed by atoms with Gasteiger partial charge in [0.25, 0.3) is 0 Å². The highest BCUT2D eigenvalue weighted by molar-refractivity contribution is 5.69. The second-order valence-electron chi connectivity index (χ2n) is 6.58. The molecule has 0 spiro atoms. The van der Waals surface area contributed by atoms with Crippen LogP contribution in [0.1, 0.15) is 30.8 Å². The van der Waals surface area contributed by atoms with Crippen LogP contribution in [0.5, 0.6) is 0 Å². The molecule has 1 aliphatic rings. The van der Waals surface area contributed by atoms with Crippen molar-refractivity contribution >= 4 is 0 Å². The average Bonchev–Trinajstić information content (AvgIpc) is 2.79. The number of nitrogens with zero attached hydrogens (tertiary/aromatic N) is 1. The zero-order valence-electron chi connectivity index (χ0n) is 13.3. The molecule has 0 bridgehead atoms. The molecule has 0 saturated carbocycles. The van der Waals surface area contributed by atoms with Crippen LogP contribution in [-0.2, 0) is 5.41 Å². The molecule has 1 aliphatic heterocycles. The molecular weight excluding hydrogens is 266 g/mol. The third-order valence-corrected chi connectivity index (χ3v) is 4.82. The molecular formula is C21H20N+. The average molecular weight is 286 g/mol. The van der Waals surface area contributed by atoms with Gasteiger partial charge in [0, 0.05) is 24.6 Å². The van der Waals surface area contributed by atoms with Crippen LogP contribution in [0.15, 0.2) is 66.7 Å². The Labute approximate surface area is 131 Å². The Morgan fingerprint density at radius 3 is 2.23 bits per heavy atom. The predicted molar refractivity (Wildman–Crippen MR) is 90.3 cm³/mol. The summed E-state index contributed by atoms with van der Waals surface area (Å²) in [6.45, 7) is 6.85. The molecule has 22 heavy (non-hydrogen) atoms. The lowest BCUT2D eigenvalue weighted by Gasteiger charge is -2.17. The molecule has 1 nitrogen and oxygen atoms in total. The van der Waals surface area contributed by atoms with Gasteiger partial charge in [0.05, 0.1) is 11.0 Å². The van der Waals surface area contributed by atoms with Crippen molar-refractivity contribution in [3.05, 3.63) is 83.7 Å². The van der Waals surface area contributed by atoms with Crippen LogP contribution in [0.2, 0.25) is 0 Å². The van der Waals surface area contributed by atoms with E-state index in [1.165, 1.54) is 33.8 Å². The van der Waals surface area contributed by atoms with Gasteiger partial charge in [-0.05, 0) is 25.5 Å². The van der Waals surface area contributed by atoms with Crippen molar-refractivity contribution in [2.75, 3.05) is 0 Å². The Bertz CT molecular complexity index is 860. The SMILES string of the molecule is Cc1ccc(-c2ccccc2)c2[n+]1-c1ccccc1C2(C)C. The number of fused-ring (bicyclic) bond motifs is 3. The predicted octanol–water partition coefficient (Wildman–Crippen LogP) is 4.58. The van der Waals surface area contributed by atoms with Crippen molar-refractivity contribution in [2.24, 2.45) is 0 Å². The van der Waals surface area contributed by atoms with E-state index in [2.05, 4.69) is 92.1 Å². The largest absolute Gasteiger partial charge is 0.215 e. The number of rotatable bonds is 1. The quantitative estimate of drug-likeness (QED) is 0.577. The maximum absolute atomic E-state index is 2.43. The summed E-state index contributed by atoms with van der Waals surface area (Å²) in [4.78, 5) is 0. The molecule has 0 N–H and O–H groups in total. The second kappa shape index (κ2) is 4.54.